The van der Waals surface area contributed by atoms with Crippen LogP contribution >= 0.6 is 0 Å². The molecule has 0 aliphatic rings. The molecule has 4 heteroatoms. The Labute approximate surface area is 91.6 Å². The van der Waals surface area contributed by atoms with Gasteiger partial charge in [-0.1, -0.05) is 17.7 Å². The summed E-state index contributed by atoms with van der Waals surface area (Å²) in [5, 5.41) is 0. The molecule has 0 amide bonds. The van der Waals surface area contributed by atoms with Gasteiger partial charge >= 0.3 is 0 Å². The maximum Gasteiger partial charge on any atom is 0.209 e. The lowest BCUT2D eigenvalue weighted by atomic mass is 10.0. The van der Waals surface area contributed by atoms with E-state index >= 15 is 0 Å². The quantitative estimate of drug-likeness (QED) is 0.853. The zero-order chi connectivity index (χ0) is 11.6. The summed E-state index contributed by atoms with van der Waals surface area (Å²) in [5.74, 6) is 0. The molecule has 0 saturated heterocycles. The van der Waals surface area contributed by atoms with Gasteiger partial charge < -0.3 is 0 Å². The highest BCUT2D eigenvalue weighted by molar-refractivity contribution is 7.88. The van der Waals surface area contributed by atoms with E-state index in [1.54, 1.807) is 0 Å². The first-order chi connectivity index (χ1) is 6.79. The van der Waals surface area contributed by atoms with E-state index in [1.165, 1.54) is 11.8 Å². The molecule has 1 N–H and O–H groups in total. The van der Waals surface area contributed by atoms with Gasteiger partial charge in [0, 0.05) is 6.54 Å². The smallest absolute Gasteiger partial charge is 0.209 e. The van der Waals surface area contributed by atoms with E-state index < -0.39 is 10.0 Å². The van der Waals surface area contributed by atoms with Gasteiger partial charge in [0.05, 0.1) is 6.26 Å². The van der Waals surface area contributed by atoms with Crippen LogP contribution < -0.4 is 4.72 Å². The molecule has 0 aliphatic carbocycles. The van der Waals surface area contributed by atoms with Crippen molar-refractivity contribution in [2.24, 2.45) is 0 Å². The molecular weight excluding hydrogens is 210 g/mol. The molecule has 1 aromatic rings. The molecule has 15 heavy (non-hydrogen) atoms. The summed E-state index contributed by atoms with van der Waals surface area (Å²) in [5.41, 5.74) is 4.52. The molecule has 84 valence electrons. The number of benzene rings is 1. The lowest BCUT2D eigenvalue weighted by Gasteiger charge is -2.11. The van der Waals surface area contributed by atoms with E-state index in [0.29, 0.717) is 6.54 Å². The van der Waals surface area contributed by atoms with Crippen LogP contribution in [0, 0.1) is 20.8 Å². The van der Waals surface area contributed by atoms with E-state index in [-0.39, 0.29) is 0 Å². The van der Waals surface area contributed by atoms with Crippen molar-refractivity contribution in [2.45, 2.75) is 27.3 Å². The highest BCUT2D eigenvalue weighted by atomic mass is 32.2. The van der Waals surface area contributed by atoms with Gasteiger partial charge in [-0.05, 0) is 37.5 Å². The van der Waals surface area contributed by atoms with Crippen LogP contribution in [0.2, 0.25) is 0 Å². The molecule has 0 aromatic heterocycles. The number of hydrogen-bond donors (Lipinski definition) is 1. The maximum atomic E-state index is 11.0. The SMILES string of the molecule is Cc1cc(C)c(CNS(C)(=O)=O)c(C)c1. The van der Waals surface area contributed by atoms with E-state index in [2.05, 4.69) is 16.9 Å². The van der Waals surface area contributed by atoms with Gasteiger partial charge in [0.25, 0.3) is 0 Å². The van der Waals surface area contributed by atoms with Crippen LogP contribution in [0.3, 0.4) is 0 Å². The Kier molecular flexibility index (Phi) is 3.52. The Morgan fingerprint density at radius 1 is 1.13 bits per heavy atom. The molecule has 0 atom stereocenters. The molecule has 1 aromatic carbocycles. The van der Waals surface area contributed by atoms with Crippen molar-refractivity contribution in [1.29, 1.82) is 0 Å². The lowest BCUT2D eigenvalue weighted by Crippen LogP contribution is -2.22. The zero-order valence-corrected chi connectivity index (χ0v) is 10.4. The Morgan fingerprint density at radius 2 is 1.60 bits per heavy atom. The normalized spacial score (nSPS) is 11.7. The van der Waals surface area contributed by atoms with Gasteiger partial charge in [0.2, 0.25) is 10.0 Å². The molecule has 0 saturated carbocycles. The Balaban J connectivity index is 2.96. The number of hydrogen-bond acceptors (Lipinski definition) is 2. The molecule has 0 bridgehead atoms. The van der Waals surface area contributed by atoms with Crippen molar-refractivity contribution in [3.8, 4) is 0 Å². The molecular formula is C11H17NO2S. The van der Waals surface area contributed by atoms with Gasteiger partial charge in [-0.25, -0.2) is 13.1 Å². The van der Waals surface area contributed by atoms with E-state index in [0.717, 1.165) is 16.7 Å². The van der Waals surface area contributed by atoms with E-state index in [1.807, 2.05) is 20.8 Å². The predicted molar refractivity (Wildman–Crippen MR) is 62.3 cm³/mol. The fourth-order valence-corrected chi connectivity index (χ4v) is 2.10. The van der Waals surface area contributed by atoms with Crippen molar-refractivity contribution in [1.82, 2.24) is 4.72 Å². The predicted octanol–water partition coefficient (Wildman–Crippen LogP) is 1.66. The largest absolute Gasteiger partial charge is 0.213 e. The fraction of sp³-hybridized carbons (Fsp3) is 0.455. The van der Waals surface area contributed by atoms with Crippen LogP contribution in [-0.4, -0.2) is 14.7 Å². The van der Waals surface area contributed by atoms with Crippen LogP contribution in [0.4, 0.5) is 0 Å². The highest BCUT2D eigenvalue weighted by Crippen LogP contribution is 2.16. The van der Waals surface area contributed by atoms with Crippen molar-refractivity contribution in [3.63, 3.8) is 0 Å². The molecule has 3 nitrogen and oxygen atoms in total. The van der Waals surface area contributed by atoms with Crippen molar-refractivity contribution >= 4 is 10.0 Å². The maximum absolute atomic E-state index is 11.0. The fourth-order valence-electron chi connectivity index (χ4n) is 1.69. The third-order valence-electron chi connectivity index (χ3n) is 2.35. The summed E-state index contributed by atoms with van der Waals surface area (Å²) in [6.45, 7) is 6.41. The number of aryl methyl sites for hydroxylation is 3. The Bertz CT molecular complexity index is 440. The molecule has 0 unspecified atom stereocenters. The van der Waals surface area contributed by atoms with Crippen LogP contribution in [0.15, 0.2) is 12.1 Å². The summed E-state index contributed by atoms with van der Waals surface area (Å²) >= 11 is 0. The molecule has 0 aliphatic heterocycles. The van der Waals surface area contributed by atoms with E-state index in [4.69, 9.17) is 0 Å². The standard InChI is InChI=1S/C11H17NO2S/c1-8-5-9(2)11(10(3)6-8)7-12-15(4,13)14/h5-6,12H,7H2,1-4H3. The molecule has 0 spiro atoms. The number of sulfonamides is 1. The first-order valence-electron chi connectivity index (χ1n) is 4.81. The lowest BCUT2D eigenvalue weighted by molar-refractivity contribution is 0.587. The summed E-state index contributed by atoms with van der Waals surface area (Å²) in [6.07, 6.45) is 1.17. The monoisotopic (exact) mass is 227 g/mol. The number of nitrogens with one attached hydrogen (secondary N) is 1. The minimum Gasteiger partial charge on any atom is -0.213 e. The first-order valence-corrected chi connectivity index (χ1v) is 6.70. The average molecular weight is 227 g/mol. The van der Waals surface area contributed by atoms with Crippen molar-refractivity contribution in [3.05, 3.63) is 34.4 Å². The Hall–Kier alpha value is -0.870. The molecule has 0 heterocycles. The second kappa shape index (κ2) is 4.33. The second-order valence-corrected chi connectivity index (χ2v) is 5.80. The van der Waals surface area contributed by atoms with E-state index in [9.17, 15) is 8.42 Å². The average Bonchev–Trinajstić information content (AvgIpc) is 1.99. The van der Waals surface area contributed by atoms with Crippen LogP contribution in [0.1, 0.15) is 22.3 Å². The van der Waals surface area contributed by atoms with Gasteiger partial charge in [0.15, 0.2) is 0 Å². The zero-order valence-electron chi connectivity index (χ0n) is 9.59. The third kappa shape index (κ3) is 3.64. The van der Waals surface area contributed by atoms with Crippen LogP contribution in [-0.2, 0) is 16.6 Å². The van der Waals surface area contributed by atoms with Gasteiger partial charge in [-0.15, -0.1) is 0 Å². The first kappa shape index (κ1) is 12.2. The van der Waals surface area contributed by atoms with Crippen LogP contribution in [0.5, 0.6) is 0 Å². The number of rotatable bonds is 3. The van der Waals surface area contributed by atoms with Crippen molar-refractivity contribution in [2.75, 3.05) is 6.26 Å². The summed E-state index contributed by atoms with van der Waals surface area (Å²) in [7, 11) is -3.12. The summed E-state index contributed by atoms with van der Waals surface area (Å²) in [6, 6.07) is 4.12. The van der Waals surface area contributed by atoms with Gasteiger partial charge in [0.1, 0.15) is 0 Å². The molecule has 0 radical (unpaired) electrons. The third-order valence-corrected chi connectivity index (χ3v) is 3.02. The van der Waals surface area contributed by atoms with Crippen molar-refractivity contribution < 1.29 is 8.42 Å². The molecule has 1 rings (SSSR count). The summed E-state index contributed by atoms with van der Waals surface area (Å²) < 4.78 is 24.5. The second-order valence-electron chi connectivity index (χ2n) is 3.97. The summed E-state index contributed by atoms with van der Waals surface area (Å²) in [4.78, 5) is 0. The highest BCUT2D eigenvalue weighted by Gasteiger charge is 2.06. The van der Waals surface area contributed by atoms with Gasteiger partial charge in [-0.2, -0.15) is 0 Å². The molecule has 0 fully saturated rings. The Morgan fingerprint density at radius 3 is 2.00 bits per heavy atom. The minimum atomic E-state index is -3.12. The topological polar surface area (TPSA) is 46.2 Å². The minimum absolute atomic E-state index is 0.372. The van der Waals surface area contributed by atoms with Gasteiger partial charge in [-0.3, -0.25) is 0 Å². The van der Waals surface area contributed by atoms with Crippen LogP contribution in [0.25, 0.3) is 0 Å².